The molecule has 1 aromatic carbocycles. The topological polar surface area (TPSA) is 31.4 Å². The summed E-state index contributed by atoms with van der Waals surface area (Å²) < 4.78 is 11.7. The third-order valence-corrected chi connectivity index (χ3v) is 2.83. The minimum atomic E-state index is 0.500. The molecule has 0 aliphatic rings. The van der Waals surface area contributed by atoms with Crippen molar-refractivity contribution in [3.63, 3.8) is 0 Å². The van der Waals surface area contributed by atoms with Crippen LogP contribution in [-0.4, -0.2) is 12.1 Å². The lowest BCUT2D eigenvalue weighted by Crippen LogP contribution is -1.98. The maximum absolute atomic E-state index is 5.73. The third-order valence-electron chi connectivity index (χ3n) is 2.27. The molecule has 0 fully saturated rings. The van der Waals surface area contributed by atoms with E-state index in [-0.39, 0.29) is 0 Å². The number of hydrogen-bond donors (Lipinski definition) is 0. The number of rotatable bonds is 4. The Bertz CT molecular complexity index is 488. The van der Waals surface area contributed by atoms with Gasteiger partial charge in [0.15, 0.2) is 11.5 Å². The van der Waals surface area contributed by atoms with Crippen molar-refractivity contribution >= 4 is 15.9 Å². The molecule has 0 aliphatic heterocycles. The lowest BCUT2D eigenvalue weighted by atomic mass is 10.2. The van der Waals surface area contributed by atoms with E-state index in [9.17, 15) is 0 Å². The molecule has 0 N–H and O–H groups in total. The van der Waals surface area contributed by atoms with Gasteiger partial charge in [-0.25, -0.2) is 0 Å². The van der Waals surface area contributed by atoms with Gasteiger partial charge in [0, 0.05) is 6.20 Å². The van der Waals surface area contributed by atoms with E-state index < -0.39 is 0 Å². The number of methoxy groups -OCH3 is 1. The smallest absolute Gasteiger partial charge is 0.180 e. The molecule has 0 aliphatic carbocycles. The molecular weight excluding hydrogens is 282 g/mol. The normalized spacial score (nSPS) is 10.0. The summed E-state index contributed by atoms with van der Waals surface area (Å²) in [5.41, 5.74) is 1.11. The van der Waals surface area contributed by atoms with Gasteiger partial charge < -0.3 is 9.47 Å². The fraction of sp³-hybridized carbons (Fsp3) is 0.154. The molecule has 4 heteroatoms. The Kier molecular flexibility index (Phi) is 3.98. The van der Waals surface area contributed by atoms with Gasteiger partial charge in [-0.3, -0.25) is 4.98 Å². The van der Waals surface area contributed by atoms with Gasteiger partial charge in [-0.2, -0.15) is 0 Å². The van der Waals surface area contributed by atoms with Crippen molar-refractivity contribution in [2.45, 2.75) is 6.61 Å². The van der Waals surface area contributed by atoms with Crippen molar-refractivity contribution < 1.29 is 9.47 Å². The van der Waals surface area contributed by atoms with Crippen LogP contribution in [0, 0.1) is 0 Å². The highest BCUT2D eigenvalue weighted by molar-refractivity contribution is 9.10. The van der Waals surface area contributed by atoms with Gasteiger partial charge in [-0.1, -0.05) is 30.3 Å². The van der Waals surface area contributed by atoms with Crippen LogP contribution < -0.4 is 9.47 Å². The molecule has 2 rings (SSSR count). The molecule has 0 amide bonds. The van der Waals surface area contributed by atoms with Crippen LogP contribution in [0.3, 0.4) is 0 Å². The molecule has 0 atom stereocenters. The molecule has 0 saturated carbocycles. The van der Waals surface area contributed by atoms with Crippen molar-refractivity contribution in [1.29, 1.82) is 0 Å². The average Bonchev–Trinajstić information content (AvgIpc) is 2.38. The Morgan fingerprint density at radius 3 is 2.65 bits per heavy atom. The van der Waals surface area contributed by atoms with Gasteiger partial charge in [0.2, 0.25) is 0 Å². The molecular formula is C13H12BrNO2. The van der Waals surface area contributed by atoms with Crippen molar-refractivity contribution in [3.8, 4) is 11.5 Å². The minimum Gasteiger partial charge on any atom is -0.491 e. The second-order valence-corrected chi connectivity index (χ2v) is 4.28. The monoisotopic (exact) mass is 293 g/mol. The van der Waals surface area contributed by atoms with Crippen LogP contribution >= 0.6 is 15.9 Å². The molecule has 0 bridgehead atoms. The van der Waals surface area contributed by atoms with Gasteiger partial charge >= 0.3 is 0 Å². The highest BCUT2D eigenvalue weighted by atomic mass is 79.9. The number of aromatic nitrogens is 1. The highest BCUT2D eigenvalue weighted by Crippen LogP contribution is 2.34. The van der Waals surface area contributed by atoms with E-state index in [4.69, 9.17) is 9.47 Å². The quantitative estimate of drug-likeness (QED) is 0.865. The summed E-state index contributed by atoms with van der Waals surface area (Å²) in [5, 5.41) is 0. The maximum atomic E-state index is 5.73. The molecule has 88 valence electrons. The second kappa shape index (κ2) is 5.68. The zero-order chi connectivity index (χ0) is 12.1. The molecule has 17 heavy (non-hydrogen) atoms. The summed E-state index contributed by atoms with van der Waals surface area (Å²) in [6.07, 6.45) is 3.31. The maximum Gasteiger partial charge on any atom is 0.180 e. The number of hydrogen-bond acceptors (Lipinski definition) is 3. The first-order chi connectivity index (χ1) is 8.31. The summed E-state index contributed by atoms with van der Waals surface area (Å²) in [4.78, 5) is 4.02. The standard InChI is InChI=1S/C13H12BrNO2/c1-16-12-8-15-7-11(14)13(12)17-9-10-5-3-2-4-6-10/h2-8H,9H2,1H3. The zero-order valence-corrected chi connectivity index (χ0v) is 11.0. The summed E-state index contributed by atoms with van der Waals surface area (Å²) in [7, 11) is 1.60. The first kappa shape index (κ1) is 11.9. The summed E-state index contributed by atoms with van der Waals surface area (Å²) >= 11 is 3.39. The number of ether oxygens (including phenoxy) is 2. The van der Waals surface area contributed by atoms with Crippen molar-refractivity contribution in [2.24, 2.45) is 0 Å². The largest absolute Gasteiger partial charge is 0.491 e. The van der Waals surface area contributed by atoms with Gasteiger partial charge in [-0.05, 0) is 21.5 Å². The van der Waals surface area contributed by atoms with Crippen molar-refractivity contribution in [1.82, 2.24) is 4.98 Å². The average molecular weight is 294 g/mol. The van der Waals surface area contributed by atoms with Gasteiger partial charge in [0.25, 0.3) is 0 Å². The summed E-state index contributed by atoms with van der Waals surface area (Å²) in [5.74, 6) is 1.29. The Morgan fingerprint density at radius 1 is 1.18 bits per heavy atom. The molecule has 1 aromatic heterocycles. The van der Waals surface area contributed by atoms with Crippen molar-refractivity contribution in [3.05, 3.63) is 52.8 Å². The fourth-order valence-corrected chi connectivity index (χ4v) is 1.85. The first-order valence-corrected chi connectivity index (χ1v) is 5.95. The van der Waals surface area contributed by atoms with E-state index in [2.05, 4.69) is 20.9 Å². The van der Waals surface area contributed by atoms with Crippen LogP contribution in [0.2, 0.25) is 0 Å². The van der Waals surface area contributed by atoms with E-state index >= 15 is 0 Å². The molecule has 0 unspecified atom stereocenters. The predicted octanol–water partition coefficient (Wildman–Crippen LogP) is 3.43. The Morgan fingerprint density at radius 2 is 1.94 bits per heavy atom. The SMILES string of the molecule is COc1cncc(Br)c1OCc1ccccc1. The van der Waals surface area contributed by atoms with E-state index in [1.807, 2.05) is 30.3 Å². The Hall–Kier alpha value is -1.55. The second-order valence-electron chi connectivity index (χ2n) is 3.43. The zero-order valence-electron chi connectivity index (χ0n) is 9.39. The fourth-order valence-electron chi connectivity index (χ4n) is 1.42. The lowest BCUT2D eigenvalue weighted by molar-refractivity contribution is 0.281. The number of nitrogens with zero attached hydrogens (tertiary/aromatic N) is 1. The van der Waals surface area contributed by atoms with E-state index in [0.717, 1.165) is 10.0 Å². The van der Waals surface area contributed by atoms with Crippen LogP contribution in [0.25, 0.3) is 0 Å². The minimum absolute atomic E-state index is 0.500. The summed E-state index contributed by atoms with van der Waals surface area (Å²) in [6.45, 7) is 0.500. The van der Waals surface area contributed by atoms with Crippen LogP contribution in [0.5, 0.6) is 11.5 Å². The van der Waals surface area contributed by atoms with Crippen molar-refractivity contribution in [2.75, 3.05) is 7.11 Å². The van der Waals surface area contributed by atoms with Gasteiger partial charge in [-0.15, -0.1) is 0 Å². The molecule has 3 nitrogen and oxygen atoms in total. The van der Waals surface area contributed by atoms with Crippen LogP contribution in [-0.2, 0) is 6.61 Å². The molecule has 0 spiro atoms. The van der Waals surface area contributed by atoms with E-state index in [1.165, 1.54) is 0 Å². The number of pyridine rings is 1. The molecule has 2 aromatic rings. The summed E-state index contributed by atoms with van der Waals surface area (Å²) in [6, 6.07) is 9.98. The number of halogens is 1. The third kappa shape index (κ3) is 2.97. The van der Waals surface area contributed by atoms with Gasteiger partial charge in [0.1, 0.15) is 6.61 Å². The molecule has 0 saturated heterocycles. The predicted molar refractivity (Wildman–Crippen MR) is 69.3 cm³/mol. The Balaban J connectivity index is 2.14. The van der Waals surface area contributed by atoms with Crippen LogP contribution in [0.15, 0.2) is 47.2 Å². The van der Waals surface area contributed by atoms with Gasteiger partial charge in [0.05, 0.1) is 17.8 Å². The molecule has 1 heterocycles. The lowest BCUT2D eigenvalue weighted by Gasteiger charge is -2.11. The molecule has 0 radical (unpaired) electrons. The van der Waals surface area contributed by atoms with Crippen LogP contribution in [0.1, 0.15) is 5.56 Å². The Labute approximate surface area is 109 Å². The van der Waals surface area contributed by atoms with Crippen LogP contribution in [0.4, 0.5) is 0 Å². The van der Waals surface area contributed by atoms with E-state index in [1.54, 1.807) is 19.5 Å². The van der Waals surface area contributed by atoms with E-state index in [0.29, 0.717) is 18.1 Å². The highest BCUT2D eigenvalue weighted by Gasteiger charge is 2.09. The number of benzene rings is 1. The first-order valence-electron chi connectivity index (χ1n) is 5.15.